The largest absolute Gasteiger partial charge is 0.493 e. The minimum atomic E-state index is -0.311. The van der Waals surface area contributed by atoms with Crippen LogP contribution >= 0.6 is 0 Å². The molecular weight excluding hydrogens is 416 g/mol. The molecular formula is C27H30N2O4. The van der Waals surface area contributed by atoms with Crippen molar-refractivity contribution in [3.8, 4) is 11.5 Å². The summed E-state index contributed by atoms with van der Waals surface area (Å²) in [7, 11) is 1.55. The zero-order chi connectivity index (χ0) is 23.6. The van der Waals surface area contributed by atoms with Gasteiger partial charge in [-0.15, -0.1) is 0 Å². The lowest BCUT2D eigenvalue weighted by atomic mass is 10.0. The van der Waals surface area contributed by atoms with Crippen molar-refractivity contribution in [2.24, 2.45) is 0 Å². The van der Waals surface area contributed by atoms with Gasteiger partial charge in [0.2, 0.25) is 5.91 Å². The molecule has 3 aromatic rings. The van der Waals surface area contributed by atoms with E-state index in [1.165, 1.54) is 5.56 Å². The summed E-state index contributed by atoms with van der Waals surface area (Å²) >= 11 is 0. The smallest absolute Gasteiger partial charge is 0.262 e. The first-order chi connectivity index (χ1) is 15.9. The summed E-state index contributed by atoms with van der Waals surface area (Å²) in [6, 6.07) is 22.6. The fourth-order valence-corrected chi connectivity index (χ4v) is 3.30. The first-order valence-electron chi connectivity index (χ1n) is 11.0. The monoisotopic (exact) mass is 446 g/mol. The zero-order valence-corrected chi connectivity index (χ0v) is 19.3. The molecule has 0 bridgehead atoms. The first-order valence-corrected chi connectivity index (χ1v) is 11.0. The zero-order valence-electron chi connectivity index (χ0n) is 19.3. The summed E-state index contributed by atoms with van der Waals surface area (Å²) in [6.07, 6.45) is 1.05. The molecule has 0 radical (unpaired) electrons. The maximum absolute atomic E-state index is 12.4. The minimum Gasteiger partial charge on any atom is -0.493 e. The van der Waals surface area contributed by atoms with Crippen LogP contribution in [0.1, 0.15) is 37.3 Å². The Kier molecular flexibility index (Phi) is 8.47. The molecule has 0 aliphatic heterocycles. The number of amides is 2. The molecule has 33 heavy (non-hydrogen) atoms. The van der Waals surface area contributed by atoms with Crippen LogP contribution in [0.15, 0.2) is 72.8 Å². The van der Waals surface area contributed by atoms with E-state index in [1.807, 2.05) is 12.1 Å². The minimum absolute atomic E-state index is 0.0779. The average Bonchev–Trinajstić information content (AvgIpc) is 2.82. The Morgan fingerprint density at radius 1 is 0.818 bits per heavy atom. The quantitative estimate of drug-likeness (QED) is 0.437. The SMILES string of the molecule is COc1ccccc1OCC(=O)Nc1cccc(NC(=O)CCc2ccc(C(C)C)cc2)c1. The Morgan fingerprint density at radius 3 is 2.09 bits per heavy atom. The molecule has 0 fully saturated rings. The molecule has 6 nitrogen and oxygen atoms in total. The van der Waals surface area contributed by atoms with Crippen LogP contribution in [0.4, 0.5) is 11.4 Å². The number of hydrogen-bond donors (Lipinski definition) is 2. The van der Waals surface area contributed by atoms with Gasteiger partial charge in [0.05, 0.1) is 7.11 Å². The fourth-order valence-electron chi connectivity index (χ4n) is 3.30. The molecule has 0 aliphatic carbocycles. The molecule has 0 aliphatic rings. The number of carbonyl (C=O) groups is 2. The molecule has 2 N–H and O–H groups in total. The molecule has 6 heteroatoms. The van der Waals surface area contributed by atoms with Crippen LogP contribution < -0.4 is 20.1 Å². The average molecular weight is 447 g/mol. The Morgan fingerprint density at radius 2 is 1.45 bits per heavy atom. The van der Waals surface area contributed by atoms with Crippen LogP contribution in [-0.2, 0) is 16.0 Å². The standard InChI is InChI=1S/C27H30N2O4/c1-19(2)21-14-11-20(12-15-21)13-16-26(30)28-22-7-6-8-23(17-22)29-27(31)18-33-25-10-5-4-9-24(25)32-3/h4-12,14-15,17,19H,13,16,18H2,1-3H3,(H,28,30)(H,29,31). The molecule has 0 saturated carbocycles. The highest BCUT2D eigenvalue weighted by Crippen LogP contribution is 2.25. The molecule has 0 spiro atoms. The van der Waals surface area contributed by atoms with E-state index in [1.54, 1.807) is 43.5 Å². The van der Waals surface area contributed by atoms with Gasteiger partial charge in [-0.25, -0.2) is 0 Å². The van der Waals surface area contributed by atoms with Crippen LogP contribution in [0.2, 0.25) is 0 Å². The van der Waals surface area contributed by atoms with Crippen LogP contribution in [0.3, 0.4) is 0 Å². The molecule has 172 valence electrons. The van der Waals surface area contributed by atoms with Gasteiger partial charge in [-0.2, -0.15) is 0 Å². The van der Waals surface area contributed by atoms with Gasteiger partial charge >= 0.3 is 0 Å². The number of nitrogens with one attached hydrogen (secondary N) is 2. The molecule has 3 rings (SSSR count). The van der Waals surface area contributed by atoms with Gasteiger partial charge in [0.15, 0.2) is 18.1 Å². The summed E-state index contributed by atoms with van der Waals surface area (Å²) in [6.45, 7) is 4.16. The molecule has 2 amide bonds. The third-order valence-electron chi connectivity index (χ3n) is 5.15. The highest BCUT2D eigenvalue weighted by Gasteiger charge is 2.09. The van der Waals surface area contributed by atoms with Crippen molar-refractivity contribution in [1.29, 1.82) is 0 Å². The Balaban J connectivity index is 1.48. The van der Waals surface area contributed by atoms with Gasteiger partial charge in [0, 0.05) is 17.8 Å². The fraction of sp³-hybridized carbons (Fsp3) is 0.259. The Bertz CT molecular complexity index is 1080. The summed E-state index contributed by atoms with van der Waals surface area (Å²) in [4.78, 5) is 24.7. The van der Waals surface area contributed by atoms with Gasteiger partial charge in [-0.05, 0) is 53.8 Å². The number of methoxy groups -OCH3 is 1. The second kappa shape index (κ2) is 11.7. The van der Waals surface area contributed by atoms with E-state index >= 15 is 0 Å². The van der Waals surface area contributed by atoms with E-state index in [0.717, 1.165) is 5.56 Å². The van der Waals surface area contributed by atoms with Crippen LogP contribution in [0.5, 0.6) is 11.5 Å². The number of benzene rings is 3. The number of carbonyl (C=O) groups excluding carboxylic acids is 2. The molecule has 0 saturated heterocycles. The topological polar surface area (TPSA) is 76.7 Å². The maximum Gasteiger partial charge on any atom is 0.262 e. The van der Waals surface area contributed by atoms with Crippen molar-refractivity contribution < 1.29 is 19.1 Å². The molecule has 0 heterocycles. The number of rotatable bonds is 10. The van der Waals surface area contributed by atoms with Crippen LogP contribution in [0.25, 0.3) is 0 Å². The van der Waals surface area contributed by atoms with Crippen molar-refractivity contribution in [1.82, 2.24) is 0 Å². The van der Waals surface area contributed by atoms with Crippen LogP contribution in [-0.4, -0.2) is 25.5 Å². The van der Waals surface area contributed by atoms with Crippen molar-refractivity contribution in [2.75, 3.05) is 24.4 Å². The summed E-state index contributed by atoms with van der Waals surface area (Å²) in [5.74, 6) is 1.16. The van der Waals surface area contributed by atoms with E-state index in [0.29, 0.717) is 41.6 Å². The van der Waals surface area contributed by atoms with E-state index in [2.05, 4.69) is 48.7 Å². The van der Waals surface area contributed by atoms with Crippen molar-refractivity contribution in [3.63, 3.8) is 0 Å². The predicted molar refractivity (Wildman–Crippen MR) is 131 cm³/mol. The lowest BCUT2D eigenvalue weighted by molar-refractivity contribution is -0.118. The maximum atomic E-state index is 12.4. The van der Waals surface area contributed by atoms with Gasteiger partial charge in [-0.1, -0.05) is 56.3 Å². The molecule has 0 aromatic heterocycles. The summed E-state index contributed by atoms with van der Waals surface area (Å²) < 4.78 is 10.8. The van der Waals surface area contributed by atoms with E-state index in [9.17, 15) is 9.59 Å². The normalized spacial score (nSPS) is 10.5. The number of hydrogen-bond acceptors (Lipinski definition) is 4. The number of para-hydroxylation sites is 2. The van der Waals surface area contributed by atoms with Crippen molar-refractivity contribution in [2.45, 2.75) is 32.6 Å². The second-order valence-corrected chi connectivity index (χ2v) is 8.01. The number of ether oxygens (including phenoxy) is 2. The summed E-state index contributed by atoms with van der Waals surface area (Å²) in [5, 5.41) is 5.67. The van der Waals surface area contributed by atoms with Gasteiger partial charge in [-0.3, -0.25) is 9.59 Å². The van der Waals surface area contributed by atoms with E-state index in [4.69, 9.17) is 9.47 Å². The van der Waals surface area contributed by atoms with E-state index < -0.39 is 0 Å². The van der Waals surface area contributed by atoms with Crippen molar-refractivity contribution >= 4 is 23.2 Å². The molecule has 3 aromatic carbocycles. The Labute approximate surface area is 194 Å². The number of aryl methyl sites for hydroxylation is 1. The van der Waals surface area contributed by atoms with E-state index in [-0.39, 0.29) is 18.4 Å². The third-order valence-corrected chi connectivity index (χ3v) is 5.15. The van der Waals surface area contributed by atoms with Crippen LogP contribution in [0, 0.1) is 0 Å². The van der Waals surface area contributed by atoms with Gasteiger partial charge in [0.1, 0.15) is 0 Å². The lowest BCUT2D eigenvalue weighted by Gasteiger charge is -2.11. The highest BCUT2D eigenvalue weighted by atomic mass is 16.5. The molecule has 0 unspecified atom stereocenters. The first kappa shape index (κ1) is 23.9. The number of anilines is 2. The second-order valence-electron chi connectivity index (χ2n) is 8.01. The Hall–Kier alpha value is -3.80. The third kappa shape index (κ3) is 7.38. The summed E-state index contributed by atoms with van der Waals surface area (Å²) in [5.41, 5.74) is 3.62. The predicted octanol–water partition coefficient (Wildman–Crippen LogP) is 5.41. The van der Waals surface area contributed by atoms with Crippen molar-refractivity contribution in [3.05, 3.63) is 83.9 Å². The van der Waals surface area contributed by atoms with Gasteiger partial charge in [0.25, 0.3) is 5.91 Å². The lowest BCUT2D eigenvalue weighted by Crippen LogP contribution is -2.20. The molecule has 0 atom stereocenters. The highest BCUT2D eigenvalue weighted by molar-refractivity contribution is 5.94. The van der Waals surface area contributed by atoms with Gasteiger partial charge < -0.3 is 20.1 Å².